The minimum atomic E-state index is -0.520. The number of methoxy groups -OCH3 is 1. The third-order valence-electron chi connectivity index (χ3n) is 5.38. The van der Waals surface area contributed by atoms with Crippen molar-refractivity contribution in [3.63, 3.8) is 0 Å². The van der Waals surface area contributed by atoms with Gasteiger partial charge in [0.15, 0.2) is 5.78 Å². The summed E-state index contributed by atoms with van der Waals surface area (Å²) in [7, 11) is 1.60. The lowest BCUT2D eigenvalue weighted by molar-refractivity contribution is -0.122. The van der Waals surface area contributed by atoms with Gasteiger partial charge in [-0.3, -0.25) is 9.59 Å². The number of hydrogen-bond donors (Lipinski definition) is 1. The minimum Gasteiger partial charge on any atom is -0.497 e. The highest BCUT2D eigenvalue weighted by Crippen LogP contribution is 2.43. The maximum atomic E-state index is 14.3. The molecule has 2 aliphatic rings. The molecule has 5 heteroatoms. The van der Waals surface area contributed by atoms with Crippen molar-refractivity contribution in [2.75, 3.05) is 7.11 Å². The molecule has 2 aromatic carbocycles. The highest BCUT2D eigenvalue weighted by atomic mass is 19.1. The number of carbonyl (C=O) groups excluding carboxylic acids is 2. The maximum absolute atomic E-state index is 14.3. The Labute approximate surface area is 157 Å². The van der Waals surface area contributed by atoms with E-state index in [9.17, 15) is 14.0 Å². The Balaban J connectivity index is 1.72. The van der Waals surface area contributed by atoms with Gasteiger partial charge in [-0.15, -0.1) is 0 Å². The van der Waals surface area contributed by atoms with Crippen LogP contribution in [0.5, 0.6) is 5.75 Å². The molecule has 138 valence electrons. The van der Waals surface area contributed by atoms with Crippen LogP contribution in [0.1, 0.15) is 42.2 Å². The number of halogens is 1. The second-order valence-electron chi connectivity index (χ2n) is 7.02. The van der Waals surface area contributed by atoms with Crippen molar-refractivity contribution >= 4 is 11.7 Å². The smallest absolute Gasteiger partial charge is 0.225 e. The van der Waals surface area contributed by atoms with Gasteiger partial charge in [0.1, 0.15) is 11.6 Å². The highest BCUT2D eigenvalue weighted by Gasteiger charge is 2.39. The predicted molar refractivity (Wildman–Crippen MR) is 98.9 cm³/mol. The molecule has 2 aromatic rings. The monoisotopic (exact) mass is 365 g/mol. The van der Waals surface area contributed by atoms with Crippen LogP contribution in [-0.2, 0) is 9.59 Å². The fourth-order valence-corrected chi connectivity index (χ4v) is 4.11. The van der Waals surface area contributed by atoms with E-state index in [4.69, 9.17) is 4.74 Å². The molecular formula is C22H20FNO3. The maximum Gasteiger partial charge on any atom is 0.225 e. The average molecular weight is 365 g/mol. The van der Waals surface area contributed by atoms with Gasteiger partial charge in [0.2, 0.25) is 5.91 Å². The molecule has 0 radical (unpaired) electrons. The SMILES string of the molecule is COc1cccc(C2CC(=O)C3=C(C2)NC(=O)CC3c2ccccc2F)c1. The summed E-state index contributed by atoms with van der Waals surface area (Å²) < 4.78 is 19.6. The Hall–Kier alpha value is -2.95. The molecule has 1 heterocycles. The van der Waals surface area contributed by atoms with Gasteiger partial charge in [0.25, 0.3) is 0 Å². The molecule has 0 aromatic heterocycles. The number of ether oxygens (including phenoxy) is 1. The van der Waals surface area contributed by atoms with E-state index in [-0.39, 0.29) is 29.8 Å². The zero-order chi connectivity index (χ0) is 19.0. The first-order chi connectivity index (χ1) is 13.1. The van der Waals surface area contributed by atoms with E-state index < -0.39 is 5.92 Å². The molecule has 1 aliphatic carbocycles. The summed E-state index contributed by atoms with van der Waals surface area (Å²) in [6.07, 6.45) is 0.979. The molecule has 4 nitrogen and oxygen atoms in total. The number of hydrogen-bond acceptors (Lipinski definition) is 3. The molecule has 0 bridgehead atoms. The van der Waals surface area contributed by atoms with Gasteiger partial charge >= 0.3 is 0 Å². The number of rotatable bonds is 3. The van der Waals surface area contributed by atoms with Gasteiger partial charge < -0.3 is 10.1 Å². The molecule has 0 spiro atoms. The summed E-state index contributed by atoms with van der Waals surface area (Å²) in [5.41, 5.74) is 2.59. The Kier molecular flexibility index (Phi) is 4.52. The number of ketones is 1. The molecule has 1 aliphatic heterocycles. The summed E-state index contributed by atoms with van der Waals surface area (Å²) in [5, 5.41) is 2.86. The highest BCUT2D eigenvalue weighted by molar-refractivity contribution is 6.02. The summed E-state index contributed by atoms with van der Waals surface area (Å²) in [6.45, 7) is 0. The first-order valence-corrected chi connectivity index (χ1v) is 9.01. The molecule has 0 saturated carbocycles. The van der Waals surface area contributed by atoms with Crippen LogP contribution in [0.3, 0.4) is 0 Å². The Bertz CT molecular complexity index is 950. The molecule has 4 rings (SSSR count). The van der Waals surface area contributed by atoms with Gasteiger partial charge in [-0.25, -0.2) is 4.39 Å². The second-order valence-corrected chi connectivity index (χ2v) is 7.02. The fraction of sp³-hybridized carbons (Fsp3) is 0.273. The number of benzene rings is 2. The van der Waals surface area contributed by atoms with Gasteiger partial charge in [0.05, 0.1) is 7.11 Å². The average Bonchev–Trinajstić information content (AvgIpc) is 2.67. The fourth-order valence-electron chi connectivity index (χ4n) is 4.11. The van der Waals surface area contributed by atoms with E-state index in [2.05, 4.69) is 5.32 Å². The predicted octanol–water partition coefficient (Wildman–Crippen LogP) is 3.84. The quantitative estimate of drug-likeness (QED) is 0.899. The molecule has 27 heavy (non-hydrogen) atoms. The largest absolute Gasteiger partial charge is 0.497 e. The number of Topliss-reactive ketones (excluding diaryl/α,β-unsaturated/α-hetero) is 1. The van der Waals surface area contributed by atoms with Crippen molar-refractivity contribution < 1.29 is 18.7 Å². The van der Waals surface area contributed by atoms with Crippen molar-refractivity contribution in [3.05, 3.63) is 76.7 Å². The minimum absolute atomic E-state index is 0.0303. The number of allylic oxidation sites excluding steroid dienone is 2. The summed E-state index contributed by atoms with van der Waals surface area (Å²) in [6, 6.07) is 14.0. The normalized spacial score (nSPS) is 22.3. The van der Waals surface area contributed by atoms with Gasteiger partial charge in [-0.05, 0) is 41.7 Å². The summed E-state index contributed by atoms with van der Waals surface area (Å²) >= 11 is 0. The van der Waals surface area contributed by atoms with Crippen LogP contribution in [0, 0.1) is 5.82 Å². The topological polar surface area (TPSA) is 55.4 Å². The van der Waals surface area contributed by atoms with E-state index in [1.807, 2.05) is 24.3 Å². The summed E-state index contributed by atoms with van der Waals surface area (Å²) in [5.74, 6) is -0.415. The van der Waals surface area contributed by atoms with Crippen LogP contribution in [-0.4, -0.2) is 18.8 Å². The van der Waals surface area contributed by atoms with E-state index in [1.54, 1.807) is 25.3 Å². The summed E-state index contributed by atoms with van der Waals surface area (Å²) in [4.78, 5) is 25.3. The van der Waals surface area contributed by atoms with Crippen molar-refractivity contribution in [1.82, 2.24) is 5.32 Å². The standard InChI is InChI=1S/C22H20FNO3/c1-27-15-6-4-5-13(9-15)14-10-19-22(20(25)11-14)17(12-21(26)24-19)16-7-2-3-8-18(16)23/h2-9,14,17H,10-12H2,1H3,(H,24,26). The van der Waals surface area contributed by atoms with Gasteiger partial charge in [0, 0.05) is 30.0 Å². The second kappa shape index (κ2) is 6.99. The zero-order valence-corrected chi connectivity index (χ0v) is 15.0. The molecule has 2 unspecified atom stereocenters. The van der Waals surface area contributed by atoms with Crippen molar-refractivity contribution in [1.29, 1.82) is 0 Å². The molecule has 0 fully saturated rings. The number of nitrogens with one attached hydrogen (secondary N) is 1. The lowest BCUT2D eigenvalue weighted by Crippen LogP contribution is -2.38. The lowest BCUT2D eigenvalue weighted by Gasteiger charge is -2.34. The third-order valence-corrected chi connectivity index (χ3v) is 5.38. The Morgan fingerprint density at radius 1 is 1.04 bits per heavy atom. The van der Waals surface area contributed by atoms with Crippen LogP contribution in [0.15, 0.2) is 59.8 Å². The Morgan fingerprint density at radius 3 is 2.63 bits per heavy atom. The first-order valence-electron chi connectivity index (χ1n) is 9.01. The van der Waals surface area contributed by atoms with E-state index in [0.717, 1.165) is 11.3 Å². The van der Waals surface area contributed by atoms with E-state index in [0.29, 0.717) is 29.7 Å². The number of carbonyl (C=O) groups is 2. The Morgan fingerprint density at radius 2 is 1.85 bits per heavy atom. The van der Waals surface area contributed by atoms with Gasteiger partial charge in [-0.1, -0.05) is 30.3 Å². The van der Waals surface area contributed by atoms with Crippen molar-refractivity contribution in [3.8, 4) is 5.75 Å². The van der Waals surface area contributed by atoms with Crippen LogP contribution < -0.4 is 10.1 Å². The van der Waals surface area contributed by atoms with Crippen LogP contribution >= 0.6 is 0 Å². The molecule has 1 N–H and O–H groups in total. The first kappa shape index (κ1) is 17.5. The van der Waals surface area contributed by atoms with E-state index >= 15 is 0 Å². The van der Waals surface area contributed by atoms with Crippen LogP contribution in [0.25, 0.3) is 0 Å². The van der Waals surface area contributed by atoms with Crippen molar-refractivity contribution in [2.45, 2.75) is 31.1 Å². The third kappa shape index (κ3) is 3.25. The molecular weight excluding hydrogens is 345 g/mol. The van der Waals surface area contributed by atoms with Crippen LogP contribution in [0.4, 0.5) is 4.39 Å². The molecule has 2 atom stereocenters. The zero-order valence-electron chi connectivity index (χ0n) is 15.0. The van der Waals surface area contributed by atoms with E-state index in [1.165, 1.54) is 6.07 Å². The van der Waals surface area contributed by atoms with Crippen molar-refractivity contribution in [2.24, 2.45) is 0 Å². The van der Waals surface area contributed by atoms with Crippen LogP contribution in [0.2, 0.25) is 0 Å². The lowest BCUT2D eigenvalue weighted by atomic mass is 9.73. The van der Waals surface area contributed by atoms with Gasteiger partial charge in [-0.2, -0.15) is 0 Å². The number of amides is 1. The molecule has 0 saturated heterocycles. The molecule has 1 amide bonds.